The van der Waals surface area contributed by atoms with Crippen LogP contribution < -0.4 is 4.74 Å². The molecule has 22 heavy (non-hydrogen) atoms. The topological polar surface area (TPSA) is 59.4 Å². The Morgan fingerprint density at radius 2 is 1.64 bits per heavy atom. The van der Waals surface area contributed by atoms with Crippen molar-refractivity contribution in [3.8, 4) is 22.1 Å². The number of carboxylic acid groups (broad SMARTS) is 1. The minimum Gasteiger partial charge on any atom is -0.476 e. The van der Waals surface area contributed by atoms with E-state index in [1.807, 2.05) is 24.3 Å². The van der Waals surface area contributed by atoms with Crippen molar-refractivity contribution in [2.24, 2.45) is 0 Å². The smallest absolute Gasteiger partial charge is 0.355 e. The Kier molecular flexibility index (Phi) is 4.09. The third-order valence-electron chi connectivity index (χ3n) is 2.87. The molecule has 0 aliphatic heterocycles. The van der Waals surface area contributed by atoms with Gasteiger partial charge in [-0.05, 0) is 48.5 Å². The van der Waals surface area contributed by atoms with Crippen LogP contribution in [-0.2, 0) is 0 Å². The average molecular weight is 332 g/mol. The molecule has 3 rings (SSSR count). The van der Waals surface area contributed by atoms with Crippen molar-refractivity contribution in [3.05, 3.63) is 64.6 Å². The van der Waals surface area contributed by atoms with Gasteiger partial charge in [0.2, 0.25) is 0 Å². The molecule has 1 N–H and O–H groups in total. The van der Waals surface area contributed by atoms with Gasteiger partial charge in [-0.1, -0.05) is 11.6 Å². The van der Waals surface area contributed by atoms with Gasteiger partial charge in [-0.3, -0.25) is 0 Å². The van der Waals surface area contributed by atoms with E-state index in [0.717, 1.165) is 5.56 Å². The minimum absolute atomic E-state index is 0.0569. The van der Waals surface area contributed by atoms with Crippen molar-refractivity contribution in [2.45, 2.75) is 0 Å². The number of hydrogen-bond donors (Lipinski definition) is 1. The Bertz CT molecular complexity index is 797. The van der Waals surface area contributed by atoms with E-state index in [-0.39, 0.29) is 5.69 Å². The fourth-order valence-corrected chi connectivity index (χ4v) is 2.73. The number of carbonyl (C=O) groups is 1. The zero-order valence-electron chi connectivity index (χ0n) is 11.2. The number of carboxylic acids is 1. The number of nitrogens with zero attached hydrogens (tertiary/aromatic N) is 1. The number of ether oxygens (including phenoxy) is 1. The largest absolute Gasteiger partial charge is 0.476 e. The highest BCUT2D eigenvalue weighted by atomic mass is 35.5. The summed E-state index contributed by atoms with van der Waals surface area (Å²) in [5.74, 6) is 0.353. The van der Waals surface area contributed by atoms with Crippen LogP contribution in [0.3, 0.4) is 0 Å². The lowest BCUT2D eigenvalue weighted by atomic mass is 10.2. The van der Waals surface area contributed by atoms with E-state index in [9.17, 15) is 4.79 Å². The fraction of sp³-hybridized carbons (Fsp3) is 0. The zero-order chi connectivity index (χ0) is 15.5. The Hall–Kier alpha value is -2.37. The van der Waals surface area contributed by atoms with Crippen molar-refractivity contribution in [1.82, 2.24) is 4.98 Å². The van der Waals surface area contributed by atoms with E-state index in [2.05, 4.69) is 4.98 Å². The lowest BCUT2D eigenvalue weighted by Crippen LogP contribution is -1.95. The van der Waals surface area contributed by atoms with Crippen molar-refractivity contribution in [2.75, 3.05) is 0 Å². The summed E-state index contributed by atoms with van der Waals surface area (Å²) < 4.78 is 5.70. The summed E-state index contributed by atoms with van der Waals surface area (Å²) in [6.07, 6.45) is 0. The van der Waals surface area contributed by atoms with Crippen molar-refractivity contribution < 1.29 is 14.6 Å². The number of rotatable bonds is 4. The highest BCUT2D eigenvalue weighted by molar-refractivity contribution is 7.13. The molecule has 0 saturated carbocycles. The highest BCUT2D eigenvalue weighted by Crippen LogP contribution is 2.28. The maximum absolute atomic E-state index is 10.8. The van der Waals surface area contributed by atoms with Crippen LogP contribution in [0.1, 0.15) is 10.5 Å². The third-order valence-corrected chi connectivity index (χ3v) is 4.02. The molecule has 0 atom stereocenters. The third kappa shape index (κ3) is 3.27. The summed E-state index contributed by atoms with van der Waals surface area (Å²) in [5.41, 5.74) is 0.905. The molecule has 0 unspecified atom stereocenters. The quantitative estimate of drug-likeness (QED) is 0.734. The molecular weight excluding hydrogens is 322 g/mol. The van der Waals surface area contributed by atoms with Gasteiger partial charge in [0.15, 0.2) is 5.69 Å². The Labute approximate surface area is 135 Å². The van der Waals surface area contributed by atoms with Gasteiger partial charge in [0.05, 0.1) is 0 Å². The summed E-state index contributed by atoms with van der Waals surface area (Å²) in [6, 6.07) is 14.4. The van der Waals surface area contributed by atoms with E-state index in [1.54, 1.807) is 24.3 Å². The summed E-state index contributed by atoms with van der Waals surface area (Å²) in [5, 5.41) is 11.7. The summed E-state index contributed by atoms with van der Waals surface area (Å²) in [7, 11) is 0. The maximum Gasteiger partial charge on any atom is 0.355 e. The van der Waals surface area contributed by atoms with Crippen LogP contribution in [0.25, 0.3) is 10.6 Å². The predicted molar refractivity (Wildman–Crippen MR) is 86.0 cm³/mol. The molecule has 0 fully saturated rings. The molecule has 3 aromatic rings. The lowest BCUT2D eigenvalue weighted by molar-refractivity contribution is 0.0691. The molecule has 1 heterocycles. The Morgan fingerprint density at radius 3 is 2.18 bits per heavy atom. The molecule has 1 aromatic heterocycles. The molecule has 4 nitrogen and oxygen atoms in total. The van der Waals surface area contributed by atoms with Gasteiger partial charge in [-0.25, -0.2) is 9.78 Å². The van der Waals surface area contributed by atoms with Crippen LogP contribution in [-0.4, -0.2) is 16.1 Å². The maximum atomic E-state index is 10.8. The lowest BCUT2D eigenvalue weighted by Gasteiger charge is -2.06. The molecule has 0 bridgehead atoms. The second-order valence-electron chi connectivity index (χ2n) is 4.42. The molecule has 6 heteroatoms. The Morgan fingerprint density at radius 1 is 1.05 bits per heavy atom. The first-order valence-electron chi connectivity index (χ1n) is 6.34. The first-order chi connectivity index (χ1) is 10.6. The van der Waals surface area contributed by atoms with Gasteiger partial charge in [-0.2, -0.15) is 0 Å². The summed E-state index contributed by atoms with van der Waals surface area (Å²) >= 11 is 7.12. The molecular formula is C16H10ClNO3S. The van der Waals surface area contributed by atoms with Gasteiger partial charge < -0.3 is 9.84 Å². The van der Waals surface area contributed by atoms with Crippen LogP contribution in [0, 0.1) is 0 Å². The normalized spacial score (nSPS) is 10.4. The van der Waals surface area contributed by atoms with Crippen molar-refractivity contribution >= 4 is 28.9 Å². The number of aromatic carboxylic acids is 1. The number of halogens is 1. The second kappa shape index (κ2) is 6.17. The van der Waals surface area contributed by atoms with Crippen molar-refractivity contribution in [1.29, 1.82) is 0 Å². The molecule has 0 radical (unpaired) electrons. The van der Waals surface area contributed by atoms with E-state index < -0.39 is 5.97 Å². The first kappa shape index (κ1) is 14.6. The SMILES string of the molecule is O=C(O)c1csc(-c2ccc(Oc3ccc(Cl)cc3)cc2)n1. The second-order valence-corrected chi connectivity index (χ2v) is 5.72. The average Bonchev–Trinajstić information content (AvgIpc) is 3.00. The van der Waals surface area contributed by atoms with Gasteiger partial charge in [0.1, 0.15) is 16.5 Å². The van der Waals surface area contributed by atoms with Gasteiger partial charge in [-0.15, -0.1) is 11.3 Å². The van der Waals surface area contributed by atoms with E-state index in [4.69, 9.17) is 21.4 Å². The molecule has 2 aromatic carbocycles. The van der Waals surface area contributed by atoms with Crippen LogP contribution in [0.4, 0.5) is 0 Å². The number of benzene rings is 2. The number of thiazole rings is 1. The van der Waals surface area contributed by atoms with Crippen LogP contribution in [0.2, 0.25) is 5.02 Å². The first-order valence-corrected chi connectivity index (χ1v) is 7.60. The van der Waals surface area contributed by atoms with E-state index in [1.165, 1.54) is 16.7 Å². The monoisotopic (exact) mass is 331 g/mol. The van der Waals surface area contributed by atoms with Gasteiger partial charge >= 0.3 is 5.97 Å². The minimum atomic E-state index is -1.02. The molecule has 0 aliphatic carbocycles. The Balaban J connectivity index is 1.77. The highest BCUT2D eigenvalue weighted by Gasteiger charge is 2.10. The fourth-order valence-electron chi connectivity index (χ4n) is 1.81. The predicted octanol–water partition coefficient (Wildman–Crippen LogP) is 4.95. The summed E-state index contributed by atoms with van der Waals surface area (Å²) in [6.45, 7) is 0. The van der Waals surface area contributed by atoms with Crippen molar-refractivity contribution in [3.63, 3.8) is 0 Å². The molecule has 0 spiro atoms. The van der Waals surface area contributed by atoms with Gasteiger partial charge in [0.25, 0.3) is 0 Å². The van der Waals surface area contributed by atoms with Crippen LogP contribution in [0.5, 0.6) is 11.5 Å². The summed E-state index contributed by atoms with van der Waals surface area (Å²) in [4.78, 5) is 14.9. The van der Waals surface area contributed by atoms with E-state index >= 15 is 0 Å². The van der Waals surface area contributed by atoms with Crippen LogP contribution in [0.15, 0.2) is 53.9 Å². The molecule has 0 amide bonds. The van der Waals surface area contributed by atoms with E-state index in [0.29, 0.717) is 21.5 Å². The number of hydrogen-bond acceptors (Lipinski definition) is 4. The number of aromatic nitrogens is 1. The molecule has 110 valence electrons. The van der Waals surface area contributed by atoms with Crippen LogP contribution >= 0.6 is 22.9 Å². The zero-order valence-corrected chi connectivity index (χ0v) is 12.8. The molecule has 0 saturated heterocycles. The standard InChI is InChI=1S/C16H10ClNO3S/c17-11-3-7-13(8-4-11)21-12-5-1-10(2-6-12)15-18-14(9-22-15)16(19)20/h1-9H,(H,19,20). The molecule has 0 aliphatic rings. The van der Waals surface area contributed by atoms with Gasteiger partial charge in [0, 0.05) is 16.0 Å².